The second kappa shape index (κ2) is 36.3. The summed E-state index contributed by atoms with van der Waals surface area (Å²) in [5.41, 5.74) is 0. The molecule has 0 aromatic rings. The highest BCUT2D eigenvalue weighted by atomic mass is 16.2. The molecule has 0 radical (unpaired) electrons. The predicted molar refractivity (Wildman–Crippen MR) is 168 cm³/mol. The molecule has 0 saturated carbocycles. The molecule has 0 atom stereocenters. The summed E-state index contributed by atoms with van der Waals surface area (Å²) < 4.78 is 0. The molecule has 38 heavy (non-hydrogen) atoms. The van der Waals surface area contributed by atoms with Crippen LogP contribution in [0.25, 0.3) is 0 Å². The Kier molecular flexibility index (Phi) is 35.7. The minimum Gasteiger partial charge on any atom is -0.396 e. The van der Waals surface area contributed by atoms with Gasteiger partial charge in [0.2, 0.25) is 6.08 Å². The second-order valence-electron chi connectivity index (χ2n) is 12.0. The molecule has 0 bridgehead atoms. The highest BCUT2D eigenvalue weighted by molar-refractivity contribution is 5.32. The number of hydrogen-bond donors (Lipinski definition) is 1. The van der Waals surface area contributed by atoms with Gasteiger partial charge in [-0.1, -0.05) is 193 Å². The minimum atomic E-state index is 0.369. The van der Waals surface area contributed by atoms with Gasteiger partial charge in [-0.25, -0.2) is 9.79 Å². The molecule has 0 saturated heterocycles. The lowest BCUT2D eigenvalue weighted by atomic mass is 10.0. The number of isocyanates is 1. The van der Waals surface area contributed by atoms with Crippen molar-refractivity contribution in [3.63, 3.8) is 0 Å². The van der Waals surface area contributed by atoms with Crippen molar-refractivity contribution in [2.24, 2.45) is 4.99 Å². The third-order valence-electron chi connectivity index (χ3n) is 8.24. The normalized spacial score (nSPS) is 11.2. The summed E-state index contributed by atoms with van der Waals surface area (Å²) in [6.45, 7) is 1.04. The van der Waals surface area contributed by atoms with E-state index in [1.54, 1.807) is 6.08 Å². The summed E-state index contributed by atoms with van der Waals surface area (Å²) in [5, 5.41) is 8.78. The number of hydrogen-bond acceptors (Lipinski definition) is 3. The van der Waals surface area contributed by atoms with Gasteiger partial charge in [-0.2, -0.15) is 0 Å². The molecule has 0 unspecified atom stereocenters. The van der Waals surface area contributed by atoms with Crippen LogP contribution in [-0.2, 0) is 4.79 Å². The Morgan fingerprint density at radius 3 is 0.684 bits per heavy atom. The zero-order valence-corrected chi connectivity index (χ0v) is 25.8. The van der Waals surface area contributed by atoms with Gasteiger partial charge in [0.1, 0.15) is 0 Å². The lowest BCUT2D eigenvalue weighted by Crippen LogP contribution is -1.85. The molecule has 0 heterocycles. The van der Waals surface area contributed by atoms with Gasteiger partial charge >= 0.3 is 0 Å². The Morgan fingerprint density at radius 2 is 0.500 bits per heavy atom. The average Bonchev–Trinajstić information content (AvgIpc) is 2.93. The molecule has 0 aliphatic heterocycles. The molecule has 3 nitrogen and oxygen atoms in total. The molecule has 0 spiro atoms. The van der Waals surface area contributed by atoms with E-state index in [4.69, 9.17) is 5.11 Å². The molecule has 0 aromatic heterocycles. The average molecular weight is 536 g/mol. The van der Waals surface area contributed by atoms with Crippen molar-refractivity contribution in [1.29, 1.82) is 0 Å². The van der Waals surface area contributed by atoms with Crippen molar-refractivity contribution in [3.05, 3.63) is 0 Å². The van der Waals surface area contributed by atoms with Gasteiger partial charge in [-0.05, 0) is 12.8 Å². The fourth-order valence-corrected chi connectivity index (χ4v) is 5.65. The van der Waals surface area contributed by atoms with Crippen molar-refractivity contribution in [3.8, 4) is 0 Å². The van der Waals surface area contributed by atoms with Crippen LogP contribution in [0.2, 0.25) is 0 Å². The van der Waals surface area contributed by atoms with Crippen LogP contribution in [0, 0.1) is 0 Å². The zero-order chi connectivity index (χ0) is 27.5. The third-order valence-corrected chi connectivity index (χ3v) is 8.24. The highest BCUT2D eigenvalue weighted by Gasteiger charge is 1.97. The zero-order valence-electron chi connectivity index (χ0n) is 25.8. The van der Waals surface area contributed by atoms with Crippen LogP contribution in [0.3, 0.4) is 0 Å². The maximum absolute atomic E-state index is 9.98. The highest BCUT2D eigenvalue weighted by Crippen LogP contribution is 2.16. The molecule has 0 aromatic carbocycles. The quantitative estimate of drug-likeness (QED) is 0.0506. The molecule has 0 amide bonds. The molecule has 0 rings (SSSR count). The fraction of sp³-hybridized carbons (Fsp3) is 0.971. The monoisotopic (exact) mass is 536 g/mol. The summed E-state index contributed by atoms with van der Waals surface area (Å²) in [6, 6.07) is 0. The summed E-state index contributed by atoms with van der Waals surface area (Å²) in [7, 11) is 0. The number of nitrogens with zero attached hydrogens (tertiary/aromatic N) is 1. The van der Waals surface area contributed by atoms with Crippen molar-refractivity contribution >= 4 is 6.08 Å². The first-order valence-corrected chi connectivity index (χ1v) is 17.6. The molecule has 0 fully saturated rings. The fourth-order valence-electron chi connectivity index (χ4n) is 5.65. The van der Waals surface area contributed by atoms with Gasteiger partial charge in [0.05, 0.1) is 6.54 Å². The molecule has 226 valence electrons. The van der Waals surface area contributed by atoms with Gasteiger partial charge in [0, 0.05) is 6.61 Å². The Morgan fingerprint density at radius 1 is 0.316 bits per heavy atom. The molecule has 0 aliphatic rings. The van der Waals surface area contributed by atoms with E-state index in [1.165, 1.54) is 193 Å². The Labute approximate surface area is 239 Å². The van der Waals surface area contributed by atoms with E-state index in [0.717, 1.165) is 12.8 Å². The number of aliphatic hydroxyl groups is 1. The summed E-state index contributed by atoms with van der Waals surface area (Å²) in [4.78, 5) is 13.6. The molecular formula is C35H69NO2. The van der Waals surface area contributed by atoms with E-state index in [2.05, 4.69) is 4.99 Å². The molecule has 3 heteroatoms. The number of aliphatic hydroxyl groups excluding tert-OH is 1. The van der Waals surface area contributed by atoms with Gasteiger partial charge in [0.15, 0.2) is 0 Å². The van der Waals surface area contributed by atoms with Crippen LogP contribution < -0.4 is 0 Å². The Bertz CT molecular complexity index is 461. The van der Waals surface area contributed by atoms with Crippen LogP contribution >= 0.6 is 0 Å². The van der Waals surface area contributed by atoms with E-state index < -0.39 is 0 Å². The summed E-state index contributed by atoms with van der Waals surface area (Å²) in [6.07, 6.45) is 46.1. The van der Waals surface area contributed by atoms with E-state index in [0.29, 0.717) is 13.2 Å². The first-order chi connectivity index (χ1) is 18.9. The van der Waals surface area contributed by atoms with Crippen molar-refractivity contribution in [1.82, 2.24) is 0 Å². The summed E-state index contributed by atoms with van der Waals surface area (Å²) >= 11 is 0. The smallest absolute Gasteiger partial charge is 0.234 e. The van der Waals surface area contributed by atoms with E-state index in [-0.39, 0.29) is 0 Å². The topological polar surface area (TPSA) is 49.7 Å². The largest absolute Gasteiger partial charge is 0.396 e. The van der Waals surface area contributed by atoms with Crippen LogP contribution in [0.5, 0.6) is 0 Å². The SMILES string of the molecule is O=C=NCCCCCCCCCCCCCCCCCCCCCCCCCCCCCCCCCCO. The maximum atomic E-state index is 9.98. The number of unbranched alkanes of at least 4 members (excludes halogenated alkanes) is 31. The Hall–Kier alpha value is -0.660. The van der Waals surface area contributed by atoms with Gasteiger partial charge in [-0.15, -0.1) is 0 Å². The number of carbonyl (C=O) groups excluding carboxylic acids is 1. The van der Waals surface area contributed by atoms with Crippen molar-refractivity contribution in [2.75, 3.05) is 13.2 Å². The molecule has 1 N–H and O–H groups in total. The van der Waals surface area contributed by atoms with Crippen molar-refractivity contribution < 1.29 is 9.90 Å². The van der Waals surface area contributed by atoms with Crippen LogP contribution in [0.1, 0.15) is 205 Å². The van der Waals surface area contributed by atoms with E-state index in [1.807, 2.05) is 0 Å². The standard InChI is InChI=1S/C35H69NO2/c37-34-32-30-28-26-24-22-20-18-16-14-12-10-8-6-4-2-1-3-5-7-9-11-13-15-17-19-21-23-25-27-29-31-33-36-35-38/h37H,1-34H2. The van der Waals surface area contributed by atoms with E-state index >= 15 is 0 Å². The molecular weight excluding hydrogens is 466 g/mol. The van der Waals surface area contributed by atoms with E-state index in [9.17, 15) is 4.79 Å². The summed E-state index contributed by atoms with van der Waals surface area (Å²) in [5.74, 6) is 0. The Balaban J connectivity index is 3.02. The first kappa shape index (κ1) is 37.3. The lowest BCUT2D eigenvalue weighted by molar-refractivity contribution is 0.282. The maximum Gasteiger partial charge on any atom is 0.234 e. The van der Waals surface area contributed by atoms with Gasteiger partial charge in [-0.3, -0.25) is 0 Å². The van der Waals surface area contributed by atoms with Crippen molar-refractivity contribution in [2.45, 2.75) is 205 Å². The lowest BCUT2D eigenvalue weighted by Gasteiger charge is -2.04. The first-order valence-electron chi connectivity index (χ1n) is 17.6. The number of aliphatic imine (C=N–C) groups is 1. The second-order valence-corrected chi connectivity index (χ2v) is 12.0. The van der Waals surface area contributed by atoms with Crippen LogP contribution in [0.15, 0.2) is 4.99 Å². The molecule has 0 aliphatic carbocycles. The van der Waals surface area contributed by atoms with Gasteiger partial charge < -0.3 is 5.11 Å². The number of rotatable bonds is 34. The predicted octanol–water partition coefficient (Wildman–Crippen LogP) is 11.8. The van der Waals surface area contributed by atoms with Crippen LogP contribution in [0.4, 0.5) is 0 Å². The third kappa shape index (κ3) is 35.3. The van der Waals surface area contributed by atoms with Gasteiger partial charge in [0.25, 0.3) is 0 Å². The minimum absolute atomic E-state index is 0.369. The van der Waals surface area contributed by atoms with Crippen LogP contribution in [-0.4, -0.2) is 24.3 Å².